The predicted molar refractivity (Wildman–Crippen MR) is 159 cm³/mol. The SMILES string of the molecule is O=C(O)CCCCCCCOc1cccc(Cc2nc3c(Cc4ccccc4)nc(-c4ccccc4)cn3c2O)c1. The van der Waals surface area contributed by atoms with Gasteiger partial charge in [-0.25, -0.2) is 9.97 Å². The number of fused-ring (bicyclic) bond motifs is 1. The van der Waals surface area contributed by atoms with Crippen molar-refractivity contribution in [3.05, 3.63) is 114 Å². The van der Waals surface area contributed by atoms with Crippen molar-refractivity contribution in [3.63, 3.8) is 0 Å². The molecule has 3 aromatic carbocycles. The Labute approximate surface area is 240 Å². The van der Waals surface area contributed by atoms with Crippen molar-refractivity contribution < 1.29 is 19.7 Å². The number of carboxylic acid groups (broad SMARTS) is 1. The lowest BCUT2D eigenvalue weighted by atomic mass is 10.1. The largest absolute Gasteiger partial charge is 0.494 e. The minimum atomic E-state index is -0.730. The van der Waals surface area contributed by atoms with Crippen LogP contribution in [0.25, 0.3) is 16.9 Å². The lowest BCUT2D eigenvalue weighted by molar-refractivity contribution is -0.137. The summed E-state index contributed by atoms with van der Waals surface area (Å²) in [5.41, 5.74) is 5.92. The number of imidazole rings is 1. The van der Waals surface area contributed by atoms with Gasteiger partial charge in [0.2, 0.25) is 5.88 Å². The van der Waals surface area contributed by atoms with Gasteiger partial charge in [0.1, 0.15) is 11.4 Å². The third kappa shape index (κ3) is 7.51. The Morgan fingerprint density at radius 1 is 0.756 bits per heavy atom. The average Bonchev–Trinajstić information content (AvgIpc) is 3.30. The Kier molecular flexibility index (Phi) is 9.26. The molecule has 0 aliphatic carbocycles. The lowest BCUT2D eigenvalue weighted by Crippen LogP contribution is -2.00. The van der Waals surface area contributed by atoms with Crippen LogP contribution in [0.3, 0.4) is 0 Å². The van der Waals surface area contributed by atoms with Crippen molar-refractivity contribution in [3.8, 4) is 22.9 Å². The molecule has 5 aromatic rings. The molecule has 0 bridgehead atoms. The third-order valence-corrected chi connectivity index (χ3v) is 7.08. The van der Waals surface area contributed by atoms with Crippen LogP contribution in [-0.4, -0.2) is 37.2 Å². The van der Waals surface area contributed by atoms with Crippen molar-refractivity contribution >= 4 is 11.6 Å². The Morgan fingerprint density at radius 3 is 2.22 bits per heavy atom. The summed E-state index contributed by atoms with van der Waals surface area (Å²) in [6.07, 6.45) is 7.76. The molecule has 0 aliphatic heterocycles. The van der Waals surface area contributed by atoms with Crippen molar-refractivity contribution in [1.82, 2.24) is 14.4 Å². The van der Waals surface area contributed by atoms with E-state index in [0.717, 1.165) is 65.9 Å². The molecule has 210 valence electrons. The molecular weight excluding hydrogens is 514 g/mol. The molecule has 0 atom stereocenters. The summed E-state index contributed by atoms with van der Waals surface area (Å²) in [4.78, 5) is 20.4. The maximum atomic E-state index is 11.3. The molecule has 5 rings (SSSR count). The maximum absolute atomic E-state index is 11.3. The summed E-state index contributed by atoms with van der Waals surface area (Å²) in [5, 5.41) is 20.0. The molecular formula is C34H35N3O4. The van der Waals surface area contributed by atoms with E-state index in [9.17, 15) is 9.90 Å². The zero-order chi connectivity index (χ0) is 28.4. The summed E-state index contributed by atoms with van der Waals surface area (Å²) < 4.78 is 7.73. The number of unbranched alkanes of at least 4 members (excludes halogenated alkanes) is 4. The second-order valence-corrected chi connectivity index (χ2v) is 10.3. The second-order valence-electron chi connectivity index (χ2n) is 10.3. The molecule has 0 saturated carbocycles. The summed E-state index contributed by atoms with van der Waals surface area (Å²) in [6, 6.07) is 28.0. The topological polar surface area (TPSA) is 97.0 Å². The van der Waals surface area contributed by atoms with Crippen LogP contribution < -0.4 is 4.74 Å². The van der Waals surface area contributed by atoms with Crippen LogP contribution >= 0.6 is 0 Å². The minimum absolute atomic E-state index is 0.114. The number of ether oxygens (including phenoxy) is 1. The van der Waals surface area contributed by atoms with E-state index in [1.165, 1.54) is 0 Å². The minimum Gasteiger partial charge on any atom is -0.494 e. The first kappa shape index (κ1) is 27.9. The van der Waals surface area contributed by atoms with Gasteiger partial charge in [-0.05, 0) is 36.1 Å². The van der Waals surface area contributed by atoms with Crippen LogP contribution in [0.1, 0.15) is 61.0 Å². The highest BCUT2D eigenvalue weighted by atomic mass is 16.5. The summed E-state index contributed by atoms with van der Waals surface area (Å²) in [5.74, 6) is 0.170. The zero-order valence-electron chi connectivity index (χ0n) is 23.1. The predicted octanol–water partition coefficient (Wildman–Crippen LogP) is 7.09. The van der Waals surface area contributed by atoms with E-state index in [1.807, 2.05) is 79.0 Å². The maximum Gasteiger partial charge on any atom is 0.303 e. The van der Waals surface area contributed by atoms with Gasteiger partial charge < -0.3 is 14.9 Å². The van der Waals surface area contributed by atoms with Crippen LogP contribution in [0.2, 0.25) is 0 Å². The number of aromatic hydroxyl groups is 1. The Morgan fingerprint density at radius 2 is 1.44 bits per heavy atom. The molecule has 0 saturated heterocycles. The molecule has 41 heavy (non-hydrogen) atoms. The van der Waals surface area contributed by atoms with Crippen molar-refractivity contribution in [2.24, 2.45) is 0 Å². The number of aliphatic carboxylic acids is 1. The van der Waals surface area contributed by atoms with Crippen molar-refractivity contribution in [2.45, 2.75) is 51.4 Å². The normalized spacial score (nSPS) is 11.1. The molecule has 0 unspecified atom stereocenters. The molecule has 0 amide bonds. The quantitative estimate of drug-likeness (QED) is 0.144. The van der Waals surface area contributed by atoms with E-state index in [2.05, 4.69) is 12.1 Å². The standard InChI is InChI=1S/C34H35N3O4/c38-32(39)19-10-2-1-3-11-20-41-28-18-12-15-26(21-28)23-30-34(40)37-24-31(27-16-8-5-9-17-27)35-29(33(37)36-30)22-25-13-6-4-7-14-25/h4-9,12-18,21,24,40H,1-3,10-11,19-20,22-23H2,(H,38,39). The van der Waals surface area contributed by atoms with Gasteiger partial charge in [-0.15, -0.1) is 0 Å². The number of hydrogen-bond donors (Lipinski definition) is 2. The number of hydrogen-bond acceptors (Lipinski definition) is 5. The van der Waals surface area contributed by atoms with E-state index in [0.29, 0.717) is 30.8 Å². The first-order chi connectivity index (χ1) is 20.1. The smallest absolute Gasteiger partial charge is 0.303 e. The fourth-order valence-electron chi connectivity index (χ4n) is 4.96. The summed E-state index contributed by atoms with van der Waals surface area (Å²) in [7, 11) is 0. The molecule has 2 N–H and O–H groups in total. The number of nitrogens with zero attached hydrogens (tertiary/aromatic N) is 3. The van der Waals surface area contributed by atoms with Gasteiger partial charge in [0, 0.05) is 31.0 Å². The first-order valence-corrected chi connectivity index (χ1v) is 14.2. The Balaban J connectivity index is 1.31. The highest BCUT2D eigenvalue weighted by Gasteiger charge is 2.18. The molecule has 0 spiro atoms. The van der Waals surface area contributed by atoms with Crippen molar-refractivity contribution in [2.75, 3.05) is 6.61 Å². The summed E-state index contributed by atoms with van der Waals surface area (Å²) in [6.45, 7) is 0.610. The Bertz CT molecular complexity index is 1580. The van der Waals surface area contributed by atoms with E-state index in [4.69, 9.17) is 19.8 Å². The molecule has 2 heterocycles. The highest BCUT2D eigenvalue weighted by Crippen LogP contribution is 2.29. The van der Waals surface area contributed by atoms with Crippen LogP contribution in [0.4, 0.5) is 0 Å². The first-order valence-electron chi connectivity index (χ1n) is 14.2. The van der Waals surface area contributed by atoms with Gasteiger partial charge >= 0.3 is 5.97 Å². The van der Waals surface area contributed by atoms with Crippen LogP contribution in [0, 0.1) is 0 Å². The van der Waals surface area contributed by atoms with Gasteiger partial charge in [-0.1, -0.05) is 92.1 Å². The van der Waals surface area contributed by atoms with Crippen LogP contribution in [-0.2, 0) is 17.6 Å². The second kappa shape index (κ2) is 13.6. The highest BCUT2D eigenvalue weighted by molar-refractivity contribution is 5.66. The average molecular weight is 550 g/mol. The fourth-order valence-corrected chi connectivity index (χ4v) is 4.96. The lowest BCUT2D eigenvalue weighted by Gasteiger charge is -2.08. The van der Waals surface area contributed by atoms with Gasteiger partial charge in [-0.3, -0.25) is 9.20 Å². The monoisotopic (exact) mass is 549 g/mol. The molecule has 7 heteroatoms. The summed E-state index contributed by atoms with van der Waals surface area (Å²) >= 11 is 0. The molecule has 0 fully saturated rings. The third-order valence-electron chi connectivity index (χ3n) is 7.08. The van der Waals surface area contributed by atoms with Gasteiger partial charge in [0.15, 0.2) is 5.65 Å². The number of rotatable bonds is 14. The van der Waals surface area contributed by atoms with Crippen LogP contribution in [0.5, 0.6) is 11.6 Å². The van der Waals surface area contributed by atoms with Gasteiger partial charge in [-0.2, -0.15) is 0 Å². The Hall–Kier alpha value is -4.65. The molecule has 0 aliphatic rings. The fraction of sp³-hybridized carbons (Fsp3) is 0.265. The number of aromatic nitrogens is 3. The zero-order valence-corrected chi connectivity index (χ0v) is 23.1. The number of carboxylic acids is 1. The number of carbonyl (C=O) groups is 1. The van der Waals surface area contributed by atoms with Crippen LogP contribution in [0.15, 0.2) is 91.1 Å². The van der Waals surface area contributed by atoms with Gasteiger partial charge in [0.25, 0.3) is 0 Å². The molecule has 7 nitrogen and oxygen atoms in total. The van der Waals surface area contributed by atoms with E-state index in [-0.39, 0.29) is 12.3 Å². The van der Waals surface area contributed by atoms with Gasteiger partial charge in [0.05, 0.1) is 18.0 Å². The van der Waals surface area contributed by atoms with E-state index < -0.39 is 5.97 Å². The van der Waals surface area contributed by atoms with E-state index in [1.54, 1.807) is 4.40 Å². The molecule has 2 aromatic heterocycles. The van der Waals surface area contributed by atoms with E-state index >= 15 is 0 Å². The number of benzene rings is 3. The van der Waals surface area contributed by atoms with Crippen molar-refractivity contribution in [1.29, 1.82) is 0 Å². The molecule has 0 radical (unpaired) electrons.